The first-order chi connectivity index (χ1) is 11.6. The van der Waals surface area contributed by atoms with Crippen LogP contribution in [0.25, 0.3) is 11.1 Å². The number of para-hydroxylation sites is 1. The summed E-state index contributed by atoms with van der Waals surface area (Å²) in [4.78, 5) is 11.4. The van der Waals surface area contributed by atoms with E-state index in [-0.39, 0.29) is 0 Å². The van der Waals surface area contributed by atoms with E-state index in [4.69, 9.17) is 0 Å². The lowest BCUT2D eigenvalue weighted by atomic mass is 9.94. The number of aryl methyl sites for hydroxylation is 1. The summed E-state index contributed by atoms with van der Waals surface area (Å²) in [5.74, 6) is -0.903. The van der Waals surface area contributed by atoms with Crippen LogP contribution in [0.1, 0.15) is 21.5 Å². The molecule has 0 unspecified atom stereocenters. The second-order valence-electron chi connectivity index (χ2n) is 5.72. The van der Waals surface area contributed by atoms with E-state index in [1.54, 1.807) is 12.1 Å². The van der Waals surface area contributed by atoms with Crippen molar-refractivity contribution in [2.24, 2.45) is 0 Å². The lowest BCUT2D eigenvalue weighted by Gasteiger charge is -2.12. The van der Waals surface area contributed by atoms with Crippen LogP contribution < -0.4 is 5.32 Å². The van der Waals surface area contributed by atoms with Crippen molar-refractivity contribution in [1.82, 2.24) is 0 Å². The molecule has 3 aromatic rings. The van der Waals surface area contributed by atoms with Gasteiger partial charge < -0.3 is 10.4 Å². The molecule has 0 aliphatic rings. The average Bonchev–Trinajstić information content (AvgIpc) is 2.61. The third kappa shape index (κ3) is 3.46. The molecule has 24 heavy (non-hydrogen) atoms. The molecule has 0 aliphatic heterocycles. The Morgan fingerprint density at radius 3 is 2.33 bits per heavy atom. The number of benzene rings is 3. The molecule has 0 saturated carbocycles. The van der Waals surface area contributed by atoms with Crippen LogP contribution in [0, 0.1) is 6.92 Å². The normalized spacial score (nSPS) is 10.4. The SMILES string of the molecule is Cc1cc(CNc2ccccc2)ccc1-c1ccccc1C(=O)O. The van der Waals surface area contributed by atoms with Crippen LogP contribution in [-0.2, 0) is 6.54 Å². The maximum absolute atomic E-state index is 11.4. The number of carboxylic acid groups (broad SMARTS) is 1. The fourth-order valence-electron chi connectivity index (χ4n) is 2.80. The Morgan fingerprint density at radius 1 is 0.917 bits per heavy atom. The summed E-state index contributed by atoms with van der Waals surface area (Å²) in [7, 11) is 0. The van der Waals surface area contributed by atoms with Gasteiger partial charge in [0, 0.05) is 12.2 Å². The Hall–Kier alpha value is -3.07. The van der Waals surface area contributed by atoms with E-state index in [0.29, 0.717) is 5.56 Å². The summed E-state index contributed by atoms with van der Waals surface area (Å²) < 4.78 is 0. The molecule has 3 heteroatoms. The van der Waals surface area contributed by atoms with Crippen LogP contribution in [0.15, 0.2) is 72.8 Å². The fourth-order valence-corrected chi connectivity index (χ4v) is 2.80. The lowest BCUT2D eigenvalue weighted by molar-refractivity contribution is 0.0697. The maximum Gasteiger partial charge on any atom is 0.336 e. The van der Waals surface area contributed by atoms with Gasteiger partial charge in [-0.3, -0.25) is 0 Å². The van der Waals surface area contributed by atoms with Crippen molar-refractivity contribution in [3.05, 3.63) is 89.5 Å². The van der Waals surface area contributed by atoms with Gasteiger partial charge in [-0.15, -0.1) is 0 Å². The van der Waals surface area contributed by atoms with Crippen molar-refractivity contribution in [2.45, 2.75) is 13.5 Å². The molecular weight excluding hydrogens is 298 g/mol. The third-order valence-corrected chi connectivity index (χ3v) is 4.01. The minimum Gasteiger partial charge on any atom is -0.478 e. The molecule has 0 amide bonds. The third-order valence-electron chi connectivity index (χ3n) is 4.01. The predicted molar refractivity (Wildman–Crippen MR) is 97.3 cm³/mol. The van der Waals surface area contributed by atoms with E-state index < -0.39 is 5.97 Å². The Bertz CT molecular complexity index is 857. The topological polar surface area (TPSA) is 49.3 Å². The van der Waals surface area contributed by atoms with Crippen molar-refractivity contribution < 1.29 is 9.90 Å². The second kappa shape index (κ2) is 7.01. The molecule has 2 N–H and O–H groups in total. The molecule has 0 radical (unpaired) electrons. The van der Waals surface area contributed by atoms with Crippen LogP contribution in [-0.4, -0.2) is 11.1 Å². The number of hydrogen-bond donors (Lipinski definition) is 2. The summed E-state index contributed by atoms with van der Waals surface area (Å²) in [5.41, 5.74) is 5.34. The van der Waals surface area contributed by atoms with E-state index in [1.165, 1.54) is 0 Å². The van der Waals surface area contributed by atoms with E-state index in [0.717, 1.165) is 34.5 Å². The molecule has 3 rings (SSSR count). The molecule has 0 atom stereocenters. The molecule has 0 spiro atoms. The van der Waals surface area contributed by atoms with Crippen molar-refractivity contribution in [1.29, 1.82) is 0 Å². The van der Waals surface area contributed by atoms with Crippen LogP contribution in [0.2, 0.25) is 0 Å². The first-order valence-corrected chi connectivity index (χ1v) is 7.86. The van der Waals surface area contributed by atoms with Gasteiger partial charge >= 0.3 is 5.97 Å². The van der Waals surface area contributed by atoms with Gasteiger partial charge in [0.25, 0.3) is 0 Å². The van der Waals surface area contributed by atoms with E-state index in [2.05, 4.69) is 11.4 Å². The summed E-state index contributed by atoms with van der Waals surface area (Å²) in [6.07, 6.45) is 0. The van der Waals surface area contributed by atoms with Gasteiger partial charge in [0.05, 0.1) is 5.56 Å². The van der Waals surface area contributed by atoms with Crippen LogP contribution in [0.5, 0.6) is 0 Å². The lowest BCUT2D eigenvalue weighted by Crippen LogP contribution is -2.02. The summed E-state index contributed by atoms with van der Waals surface area (Å²) in [5, 5.41) is 12.8. The number of aromatic carboxylic acids is 1. The smallest absolute Gasteiger partial charge is 0.336 e. The van der Waals surface area contributed by atoms with Gasteiger partial charge in [0.1, 0.15) is 0 Å². The first-order valence-electron chi connectivity index (χ1n) is 7.86. The molecular formula is C21H19NO2. The molecule has 3 aromatic carbocycles. The highest BCUT2D eigenvalue weighted by molar-refractivity contribution is 5.96. The summed E-state index contributed by atoms with van der Waals surface area (Å²) >= 11 is 0. The number of nitrogens with one attached hydrogen (secondary N) is 1. The quantitative estimate of drug-likeness (QED) is 0.698. The van der Waals surface area contributed by atoms with Gasteiger partial charge in [-0.25, -0.2) is 4.79 Å². The number of carboxylic acids is 1. The van der Waals surface area contributed by atoms with Crippen molar-refractivity contribution in [2.75, 3.05) is 5.32 Å². The minimum atomic E-state index is -0.903. The average molecular weight is 317 g/mol. The van der Waals surface area contributed by atoms with Crippen LogP contribution in [0.4, 0.5) is 5.69 Å². The molecule has 0 aromatic heterocycles. The molecule has 0 saturated heterocycles. The zero-order chi connectivity index (χ0) is 16.9. The zero-order valence-corrected chi connectivity index (χ0v) is 13.5. The van der Waals surface area contributed by atoms with E-state index in [1.807, 2.05) is 61.5 Å². The summed E-state index contributed by atoms with van der Waals surface area (Å²) in [6, 6.07) is 23.3. The molecule has 0 heterocycles. The zero-order valence-electron chi connectivity index (χ0n) is 13.5. The van der Waals surface area contributed by atoms with Crippen LogP contribution >= 0.6 is 0 Å². The van der Waals surface area contributed by atoms with Crippen LogP contribution in [0.3, 0.4) is 0 Å². The highest BCUT2D eigenvalue weighted by Crippen LogP contribution is 2.28. The largest absolute Gasteiger partial charge is 0.478 e. The molecule has 0 bridgehead atoms. The fraction of sp³-hybridized carbons (Fsp3) is 0.0952. The Labute approximate surface area is 141 Å². The van der Waals surface area contributed by atoms with Gasteiger partial charge in [-0.05, 0) is 47.4 Å². The number of carbonyl (C=O) groups is 1. The van der Waals surface area contributed by atoms with Gasteiger partial charge in [-0.2, -0.15) is 0 Å². The van der Waals surface area contributed by atoms with Gasteiger partial charge in [-0.1, -0.05) is 54.6 Å². The Kier molecular flexibility index (Phi) is 4.62. The highest BCUT2D eigenvalue weighted by Gasteiger charge is 2.12. The Morgan fingerprint density at radius 2 is 1.62 bits per heavy atom. The van der Waals surface area contributed by atoms with Crippen molar-refractivity contribution >= 4 is 11.7 Å². The molecule has 0 fully saturated rings. The monoisotopic (exact) mass is 317 g/mol. The highest BCUT2D eigenvalue weighted by atomic mass is 16.4. The van der Waals surface area contributed by atoms with Crippen molar-refractivity contribution in [3.63, 3.8) is 0 Å². The number of rotatable bonds is 5. The van der Waals surface area contributed by atoms with Gasteiger partial charge in [0.15, 0.2) is 0 Å². The van der Waals surface area contributed by atoms with E-state index in [9.17, 15) is 9.90 Å². The summed E-state index contributed by atoms with van der Waals surface area (Å²) in [6.45, 7) is 2.74. The number of anilines is 1. The minimum absolute atomic E-state index is 0.329. The number of hydrogen-bond acceptors (Lipinski definition) is 2. The standard InChI is InChI=1S/C21H19NO2/c1-15-13-16(14-22-17-7-3-2-4-8-17)11-12-18(15)19-9-5-6-10-20(19)21(23)24/h2-13,22H,14H2,1H3,(H,23,24). The maximum atomic E-state index is 11.4. The van der Waals surface area contributed by atoms with Crippen molar-refractivity contribution in [3.8, 4) is 11.1 Å². The van der Waals surface area contributed by atoms with E-state index >= 15 is 0 Å². The first kappa shape index (κ1) is 15.8. The molecule has 0 aliphatic carbocycles. The molecule has 120 valence electrons. The molecule has 3 nitrogen and oxygen atoms in total. The Balaban J connectivity index is 1.84. The van der Waals surface area contributed by atoms with Gasteiger partial charge in [0.2, 0.25) is 0 Å². The predicted octanol–water partition coefficient (Wildman–Crippen LogP) is 4.97. The second-order valence-corrected chi connectivity index (χ2v) is 5.72.